The smallest absolute Gasteiger partial charge is 0.230 e. The minimum Gasteiger partial charge on any atom is -0.389 e. The zero-order chi connectivity index (χ0) is 24.7. The number of aliphatic hydroxyl groups is 1. The van der Waals surface area contributed by atoms with Crippen LogP contribution in [-0.2, 0) is 23.0 Å². The highest BCUT2D eigenvalue weighted by molar-refractivity contribution is 6.32. The van der Waals surface area contributed by atoms with Gasteiger partial charge in [0.15, 0.2) is 0 Å². The van der Waals surface area contributed by atoms with Crippen molar-refractivity contribution in [3.05, 3.63) is 52.4 Å². The van der Waals surface area contributed by atoms with Crippen LogP contribution in [0.25, 0.3) is 10.8 Å². The van der Waals surface area contributed by atoms with Gasteiger partial charge in [0.05, 0.1) is 37.0 Å². The number of anilines is 1. The average molecular weight is 498 g/mol. The first-order valence-corrected chi connectivity index (χ1v) is 12.5. The van der Waals surface area contributed by atoms with Crippen molar-refractivity contribution in [2.75, 3.05) is 31.6 Å². The van der Waals surface area contributed by atoms with Crippen LogP contribution in [0, 0.1) is 6.92 Å². The van der Waals surface area contributed by atoms with Crippen LogP contribution >= 0.6 is 11.6 Å². The molecule has 2 aliphatic heterocycles. The SMILES string of the molecule is Cc1nn(C)cc1CC(=O)Nc1cc2cc(C3CCN([C@@]4(C)COC[C@H]4O)CC3)c(Cl)cc2cn1. The second-order valence-electron chi connectivity index (χ2n) is 10.1. The number of halogens is 1. The number of hydrogen-bond acceptors (Lipinski definition) is 6. The van der Waals surface area contributed by atoms with Crippen molar-refractivity contribution < 1.29 is 14.6 Å². The molecule has 186 valence electrons. The number of pyridine rings is 1. The standard InChI is InChI=1S/C26H32ClN5O3/c1-16-20(13-31(3)30-16)11-25(34)29-24-10-18-8-21(22(27)9-19(18)12-28-24)17-4-6-32(7-5-17)26(2)15-35-14-23(26)33/h8-10,12-13,17,23,33H,4-7,11,14-15H2,1-3H3,(H,28,29,34)/t23-,26+/m1/s1. The summed E-state index contributed by atoms with van der Waals surface area (Å²) in [4.78, 5) is 19.4. The summed E-state index contributed by atoms with van der Waals surface area (Å²) in [5.41, 5.74) is 2.56. The first-order valence-electron chi connectivity index (χ1n) is 12.1. The van der Waals surface area contributed by atoms with Gasteiger partial charge < -0.3 is 15.2 Å². The molecule has 2 fully saturated rings. The Hall–Kier alpha value is -2.52. The predicted molar refractivity (Wildman–Crippen MR) is 136 cm³/mol. The number of likely N-dealkylation sites (tertiary alicyclic amines) is 1. The summed E-state index contributed by atoms with van der Waals surface area (Å²) < 4.78 is 7.24. The Kier molecular flexibility index (Phi) is 6.57. The Morgan fingerprint density at radius 2 is 2.06 bits per heavy atom. The van der Waals surface area contributed by atoms with Gasteiger partial charge in [-0.25, -0.2) is 4.98 Å². The fourth-order valence-corrected chi connectivity index (χ4v) is 5.73. The maximum Gasteiger partial charge on any atom is 0.230 e. The summed E-state index contributed by atoms with van der Waals surface area (Å²) in [6, 6.07) is 6.01. The maximum absolute atomic E-state index is 12.6. The van der Waals surface area contributed by atoms with Gasteiger partial charge in [0.1, 0.15) is 5.82 Å². The second-order valence-corrected chi connectivity index (χ2v) is 10.5. The van der Waals surface area contributed by atoms with Gasteiger partial charge in [-0.2, -0.15) is 5.10 Å². The van der Waals surface area contributed by atoms with Crippen LogP contribution in [0.2, 0.25) is 5.02 Å². The van der Waals surface area contributed by atoms with E-state index in [1.807, 2.05) is 32.3 Å². The summed E-state index contributed by atoms with van der Waals surface area (Å²) in [7, 11) is 1.85. The lowest BCUT2D eigenvalue weighted by molar-refractivity contribution is -0.115. The normalized spacial score (nSPS) is 23.7. The Morgan fingerprint density at radius 3 is 2.71 bits per heavy atom. The van der Waals surface area contributed by atoms with E-state index in [1.54, 1.807) is 10.9 Å². The molecule has 1 aromatic carbocycles. The fraction of sp³-hybridized carbons (Fsp3) is 0.500. The molecule has 9 heteroatoms. The number of piperidine rings is 1. The topological polar surface area (TPSA) is 92.5 Å². The Balaban J connectivity index is 1.30. The van der Waals surface area contributed by atoms with Gasteiger partial charge in [0, 0.05) is 35.4 Å². The third-order valence-electron chi connectivity index (χ3n) is 7.62. The molecule has 4 heterocycles. The molecule has 8 nitrogen and oxygen atoms in total. The van der Waals surface area contributed by atoms with E-state index in [0.29, 0.717) is 24.9 Å². The molecular formula is C26H32ClN5O3. The average Bonchev–Trinajstić information content (AvgIpc) is 3.33. The molecule has 0 saturated carbocycles. The molecule has 5 rings (SSSR count). The Morgan fingerprint density at radius 1 is 1.29 bits per heavy atom. The minimum atomic E-state index is -0.452. The lowest BCUT2D eigenvalue weighted by Crippen LogP contribution is -2.56. The van der Waals surface area contributed by atoms with E-state index < -0.39 is 6.10 Å². The molecule has 2 saturated heterocycles. The third kappa shape index (κ3) is 4.80. The molecule has 0 bridgehead atoms. The lowest BCUT2D eigenvalue weighted by Gasteiger charge is -2.43. The number of aromatic nitrogens is 3. The Labute approximate surface area is 210 Å². The van der Waals surface area contributed by atoms with E-state index in [2.05, 4.69) is 33.3 Å². The highest BCUT2D eigenvalue weighted by Crippen LogP contribution is 2.38. The van der Waals surface area contributed by atoms with E-state index in [1.165, 1.54) is 0 Å². The summed E-state index contributed by atoms with van der Waals surface area (Å²) >= 11 is 6.70. The molecule has 2 aromatic heterocycles. The Bertz CT molecular complexity index is 1250. The number of rotatable bonds is 5. The van der Waals surface area contributed by atoms with Gasteiger partial charge in [0.2, 0.25) is 5.91 Å². The first-order chi connectivity index (χ1) is 16.7. The number of carbonyl (C=O) groups excluding carboxylic acids is 1. The molecule has 1 amide bonds. The van der Waals surface area contributed by atoms with Crippen LogP contribution in [0.5, 0.6) is 0 Å². The maximum atomic E-state index is 12.6. The highest BCUT2D eigenvalue weighted by Gasteiger charge is 2.45. The molecule has 35 heavy (non-hydrogen) atoms. The predicted octanol–water partition coefficient (Wildman–Crippen LogP) is 3.44. The molecule has 0 radical (unpaired) electrons. The van der Waals surface area contributed by atoms with Gasteiger partial charge in [-0.15, -0.1) is 0 Å². The van der Waals surface area contributed by atoms with E-state index in [0.717, 1.165) is 58.5 Å². The number of ether oxygens (including phenoxy) is 1. The second kappa shape index (κ2) is 9.50. The molecular weight excluding hydrogens is 466 g/mol. The molecule has 2 N–H and O–H groups in total. The number of carbonyl (C=O) groups is 1. The zero-order valence-corrected chi connectivity index (χ0v) is 21.2. The number of aryl methyl sites for hydroxylation is 2. The van der Waals surface area contributed by atoms with Crippen LogP contribution in [0.15, 0.2) is 30.6 Å². The van der Waals surface area contributed by atoms with Crippen LogP contribution in [0.1, 0.15) is 42.5 Å². The molecule has 2 aliphatic rings. The van der Waals surface area contributed by atoms with Crippen LogP contribution < -0.4 is 5.32 Å². The number of hydrogen-bond donors (Lipinski definition) is 2. The van der Waals surface area contributed by atoms with Crippen molar-refractivity contribution in [1.82, 2.24) is 19.7 Å². The van der Waals surface area contributed by atoms with Gasteiger partial charge in [-0.1, -0.05) is 11.6 Å². The quantitative estimate of drug-likeness (QED) is 0.561. The van der Waals surface area contributed by atoms with Crippen molar-refractivity contribution in [3.8, 4) is 0 Å². The van der Waals surface area contributed by atoms with Gasteiger partial charge in [-0.3, -0.25) is 14.4 Å². The number of aliphatic hydroxyl groups excluding tert-OH is 1. The molecule has 2 atom stereocenters. The summed E-state index contributed by atoms with van der Waals surface area (Å²) in [5.74, 6) is 0.738. The van der Waals surface area contributed by atoms with Crippen molar-refractivity contribution in [3.63, 3.8) is 0 Å². The monoisotopic (exact) mass is 497 g/mol. The largest absolute Gasteiger partial charge is 0.389 e. The number of nitrogens with one attached hydrogen (secondary N) is 1. The molecule has 0 unspecified atom stereocenters. The number of amides is 1. The van der Waals surface area contributed by atoms with Crippen LogP contribution in [0.3, 0.4) is 0 Å². The number of benzene rings is 1. The summed E-state index contributed by atoms with van der Waals surface area (Å²) in [5, 5.41) is 20.3. The van der Waals surface area contributed by atoms with Crippen molar-refractivity contribution in [2.45, 2.75) is 50.7 Å². The van der Waals surface area contributed by atoms with Crippen molar-refractivity contribution >= 4 is 34.1 Å². The fourth-order valence-electron chi connectivity index (χ4n) is 5.40. The first kappa shape index (κ1) is 24.2. The lowest BCUT2D eigenvalue weighted by atomic mass is 9.85. The molecule has 3 aromatic rings. The van der Waals surface area contributed by atoms with Crippen LogP contribution in [-0.4, -0.2) is 68.6 Å². The van der Waals surface area contributed by atoms with E-state index >= 15 is 0 Å². The summed E-state index contributed by atoms with van der Waals surface area (Å²) in [6.07, 6.45) is 5.35. The third-order valence-corrected chi connectivity index (χ3v) is 7.94. The summed E-state index contributed by atoms with van der Waals surface area (Å²) in [6.45, 7) is 6.74. The van der Waals surface area contributed by atoms with Gasteiger partial charge >= 0.3 is 0 Å². The van der Waals surface area contributed by atoms with Crippen molar-refractivity contribution in [2.24, 2.45) is 7.05 Å². The van der Waals surface area contributed by atoms with E-state index in [4.69, 9.17) is 16.3 Å². The minimum absolute atomic E-state index is 0.124. The molecule has 0 spiro atoms. The van der Waals surface area contributed by atoms with E-state index in [-0.39, 0.29) is 17.9 Å². The van der Waals surface area contributed by atoms with Gasteiger partial charge in [0.25, 0.3) is 0 Å². The van der Waals surface area contributed by atoms with E-state index in [9.17, 15) is 9.90 Å². The number of fused-ring (bicyclic) bond motifs is 1. The highest BCUT2D eigenvalue weighted by atomic mass is 35.5. The van der Waals surface area contributed by atoms with Gasteiger partial charge in [-0.05, 0) is 74.8 Å². The number of nitrogens with zero attached hydrogens (tertiary/aromatic N) is 4. The zero-order valence-electron chi connectivity index (χ0n) is 20.4. The molecule has 0 aliphatic carbocycles. The van der Waals surface area contributed by atoms with Crippen molar-refractivity contribution in [1.29, 1.82) is 0 Å². The van der Waals surface area contributed by atoms with Crippen LogP contribution in [0.4, 0.5) is 5.82 Å².